The number of aromatic nitrogens is 1. The van der Waals surface area contributed by atoms with Crippen molar-refractivity contribution in [2.75, 3.05) is 13.1 Å². The van der Waals surface area contributed by atoms with Gasteiger partial charge in [-0.25, -0.2) is 4.98 Å². The number of para-hydroxylation sites is 1. The maximum absolute atomic E-state index is 13.5. The van der Waals surface area contributed by atoms with Crippen LogP contribution in [-0.4, -0.2) is 34.8 Å². The minimum Gasteiger partial charge on any atom is -0.369 e. The molecule has 1 saturated heterocycles. The van der Waals surface area contributed by atoms with E-state index < -0.39 is 0 Å². The van der Waals surface area contributed by atoms with E-state index in [1.807, 2.05) is 35.2 Å². The van der Waals surface area contributed by atoms with E-state index in [0.29, 0.717) is 37.4 Å². The molecule has 0 bridgehead atoms. The molecule has 2 amide bonds. The summed E-state index contributed by atoms with van der Waals surface area (Å²) in [6, 6.07) is 18.5. The van der Waals surface area contributed by atoms with Crippen molar-refractivity contribution in [2.45, 2.75) is 50.9 Å². The maximum Gasteiger partial charge on any atom is 0.254 e. The van der Waals surface area contributed by atoms with Gasteiger partial charge in [0.25, 0.3) is 5.91 Å². The Morgan fingerprint density at radius 3 is 2.27 bits per heavy atom. The van der Waals surface area contributed by atoms with Crippen LogP contribution in [0.4, 0.5) is 0 Å². The van der Waals surface area contributed by atoms with E-state index in [0.717, 1.165) is 22.2 Å². The maximum atomic E-state index is 13.5. The molecule has 1 aliphatic carbocycles. The smallest absolute Gasteiger partial charge is 0.254 e. The summed E-state index contributed by atoms with van der Waals surface area (Å²) in [7, 11) is 0. The predicted octanol–water partition coefficient (Wildman–Crippen LogP) is 5.29. The number of primary amides is 1. The number of hydrogen-bond acceptors (Lipinski definition) is 3. The molecule has 2 fully saturated rings. The van der Waals surface area contributed by atoms with E-state index in [-0.39, 0.29) is 17.7 Å². The summed E-state index contributed by atoms with van der Waals surface area (Å²) >= 11 is 0. The highest BCUT2D eigenvalue weighted by Crippen LogP contribution is 2.34. The van der Waals surface area contributed by atoms with Crippen LogP contribution in [-0.2, 0) is 4.79 Å². The van der Waals surface area contributed by atoms with Gasteiger partial charge in [-0.2, -0.15) is 0 Å². The zero-order valence-electron chi connectivity index (χ0n) is 19.0. The van der Waals surface area contributed by atoms with E-state index in [2.05, 4.69) is 24.3 Å². The van der Waals surface area contributed by atoms with Crippen LogP contribution in [0.25, 0.3) is 22.2 Å². The van der Waals surface area contributed by atoms with Gasteiger partial charge in [0, 0.05) is 30.0 Å². The fourth-order valence-corrected chi connectivity index (χ4v) is 5.40. The first-order valence-electron chi connectivity index (χ1n) is 12.2. The van der Waals surface area contributed by atoms with Gasteiger partial charge in [-0.3, -0.25) is 9.59 Å². The minimum absolute atomic E-state index is 0.00315. The van der Waals surface area contributed by atoms with Crippen molar-refractivity contribution in [1.82, 2.24) is 9.88 Å². The fraction of sp³-hybridized carbons (Fsp3) is 0.393. The Hall–Kier alpha value is -3.21. The fourth-order valence-electron chi connectivity index (χ4n) is 5.40. The second-order valence-corrected chi connectivity index (χ2v) is 9.50. The molecular formula is C28H31N3O2. The predicted molar refractivity (Wildman–Crippen MR) is 131 cm³/mol. The van der Waals surface area contributed by atoms with Gasteiger partial charge >= 0.3 is 0 Å². The first-order valence-corrected chi connectivity index (χ1v) is 12.2. The van der Waals surface area contributed by atoms with Crippen molar-refractivity contribution in [3.05, 3.63) is 65.7 Å². The molecule has 2 aromatic carbocycles. The van der Waals surface area contributed by atoms with Gasteiger partial charge in [-0.1, -0.05) is 61.7 Å². The normalized spacial score (nSPS) is 17.9. The number of nitrogens with zero attached hydrogens (tertiary/aromatic N) is 2. The second-order valence-electron chi connectivity index (χ2n) is 9.50. The Labute approximate surface area is 195 Å². The molecule has 170 valence electrons. The Bertz CT molecular complexity index is 1160. The number of carbonyl (C=O) groups excluding carboxylic acids is 2. The number of rotatable bonds is 4. The molecule has 0 atom stereocenters. The number of amides is 2. The number of fused-ring (bicyclic) bond motifs is 1. The molecule has 5 nitrogen and oxygen atoms in total. The summed E-state index contributed by atoms with van der Waals surface area (Å²) in [4.78, 5) is 31.8. The van der Waals surface area contributed by atoms with Gasteiger partial charge in [0.05, 0.1) is 16.8 Å². The van der Waals surface area contributed by atoms with Crippen LogP contribution in [0, 0.1) is 5.92 Å². The highest BCUT2D eigenvalue weighted by molar-refractivity contribution is 6.07. The zero-order valence-corrected chi connectivity index (χ0v) is 19.0. The summed E-state index contributed by atoms with van der Waals surface area (Å²) in [5, 5.41) is 0.863. The lowest BCUT2D eigenvalue weighted by molar-refractivity contribution is -0.123. The average molecular weight is 442 g/mol. The molecule has 1 aliphatic heterocycles. The van der Waals surface area contributed by atoms with E-state index in [9.17, 15) is 9.59 Å². The quantitative estimate of drug-likeness (QED) is 0.598. The number of pyridine rings is 1. The monoisotopic (exact) mass is 441 g/mol. The summed E-state index contributed by atoms with van der Waals surface area (Å²) in [6.07, 6.45) is 7.80. The number of piperidine rings is 1. The SMILES string of the molecule is NC(=O)C1CCN(C(=O)c2cc(-c3ccc(C4CCCCC4)cc3)nc3ccccc23)CC1. The summed E-state index contributed by atoms with van der Waals surface area (Å²) in [5.74, 6) is 0.256. The molecule has 0 unspecified atom stereocenters. The van der Waals surface area contributed by atoms with Gasteiger partial charge in [-0.05, 0) is 49.3 Å². The number of benzene rings is 2. The number of nitrogens with two attached hydrogens (primary N) is 1. The van der Waals surface area contributed by atoms with Crippen LogP contribution in [0.2, 0.25) is 0 Å². The summed E-state index contributed by atoms with van der Waals surface area (Å²) in [5.41, 5.74) is 10.2. The highest BCUT2D eigenvalue weighted by Gasteiger charge is 2.27. The Morgan fingerprint density at radius 1 is 0.879 bits per heavy atom. The summed E-state index contributed by atoms with van der Waals surface area (Å²) < 4.78 is 0. The average Bonchev–Trinajstić information content (AvgIpc) is 2.88. The summed E-state index contributed by atoms with van der Waals surface area (Å²) in [6.45, 7) is 1.10. The van der Waals surface area contributed by atoms with Crippen molar-refractivity contribution in [3.63, 3.8) is 0 Å². The molecule has 0 spiro atoms. The van der Waals surface area contributed by atoms with Crippen molar-refractivity contribution in [1.29, 1.82) is 0 Å². The molecule has 5 rings (SSSR count). The second kappa shape index (κ2) is 9.34. The van der Waals surface area contributed by atoms with E-state index in [1.54, 1.807) is 0 Å². The molecule has 2 heterocycles. The van der Waals surface area contributed by atoms with Crippen LogP contribution in [0.5, 0.6) is 0 Å². The van der Waals surface area contributed by atoms with Gasteiger partial charge in [0.1, 0.15) is 0 Å². The molecule has 3 aromatic rings. The minimum atomic E-state index is -0.268. The topological polar surface area (TPSA) is 76.3 Å². The van der Waals surface area contributed by atoms with Crippen LogP contribution in [0.3, 0.4) is 0 Å². The molecule has 2 aliphatic rings. The lowest BCUT2D eigenvalue weighted by Crippen LogP contribution is -2.41. The van der Waals surface area contributed by atoms with Crippen molar-refractivity contribution < 1.29 is 9.59 Å². The lowest BCUT2D eigenvalue weighted by atomic mass is 9.84. The first-order chi connectivity index (χ1) is 16.1. The Balaban J connectivity index is 1.45. The molecule has 5 heteroatoms. The van der Waals surface area contributed by atoms with Crippen LogP contribution >= 0.6 is 0 Å². The van der Waals surface area contributed by atoms with E-state index >= 15 is 0 Å². The number of likely N-dealkylation sites (tertiary alicyclic amines) is 1. The third-order valence-electron chi connectivity index (χ3n) is 7.41. The van der Waals surface area contributed by atoms with E-state index in [4.69, 9.17) is 10.7 Å². The third kappa shape index (κ3) is 4.50. The van der Waals surface area contributed by atoms with Gasteiger partial charge in [-0.15, -0.1) is 0 Å². The largest absolute Gasteiger partial charge is 0.369 e. The van der Waals surface area contributed by atoms with E-state index in [1.165, 1.54) is 37.7 Å². The van der Waals surface area contributed by atoms with Gasteiger partial charge < -0.3 is 10.6 Å². The molecule has 1 saturated carbocycles. The van der Waals surface area contributed by atoms with Crippen molar-refractivity contribution in [2.24, 2.45) is 11.7 Å². The molecule has 0 radical (unpaired) electrons. The van der Waals surface area contributed by atoms with Crippen LogP contribution < -0.4 is 5.73 Å². The molecule has 1 aromatic heterocycles. The Morgan fingerprint density at radius 2 is 1.58 bits per heavy atom. The van der Waals surface area contributed by atoms with Crippen LogP contribution in [0.15, 0.2) is 54.6 Å². The lowest BCUT2D eigenvalue weighted by Gasteiger charge is -2.31. The van der Waals surface area contributed by atoms with Gasteiger partial charge in [0.2, 0.25) is 5.91 Å². The zero-order chi connectivity index (χ0) is 22.8. The van der Waals surface area contributed by atoms with Crippen molar-refractivity contribution >= 4 is 22.7 Å². The standard InChI is InChI=1S/C28H31N3O2/c29-27(32)22-14-16-31(17-15-22)28(33)24-18-26(30-25-9-5-4-8-23(24)25)21-12-10-20(11-13-21)19-6-2-1-3-7-19/h4-5,8-13,18-19,22H,1-3,6-7,14-17H2,(H2,29,32). The molecule has 2 N–H and O–H groups in total. The number of hydrogen-bond donors (Lipinski definition) is 1. The highest BCUT2D eigenvalue weighted by atomic mass is 16.2. The Kier molecular flexibility index (Phi) is 6.12. The van der Waals surface area contributed by atoms with Crippen LogP contribution in [0.1, 0.15) is 66.8 Å². The molecular weight excluding hydrogens is 410 g/mol. The van der Waals surface area contributed by atoms with Gasteiger partial charge in [0.15, 0.2) is 0 Å². The third-order valence-corrected chi connectivity index (χ3v) is 7.41. The van der Waals surface area contributed by atoms with Crippen molar-refractivity contribution in [3.8, 4) is 11.3 Å². The number of carbonyl (C=O) groups is 2. The molecule has 33 heavy (non-hydrogen) atoms. The first kappa shape index (κ1) is 21.6.